The first-order valence-electron chi connectivity index (χ1n) is 5.63. The van der Waals surface area contributed by atoms with E-state index in [0.717, 1.165) is 32.6 Å². The lowest BCUT2D eigenvalue weighted by Gasteiger charge is -2.19. The van der Waals surface area contributed by atoms with Gasteiger partial charge in [-0.15, -0.1) is 0 Å². The molecule has 1 aliphatic heterocycles. The van der Waals surface area contributed by atoms with Crippen LogP contribution in [0.3, 0.4) is 0 Å². The van der Waals surface area contributed by atoms with Crippen LogP contribution in [0.5, 0.6) is 0 Å². The summed E-state index contributed by atoms with van der Waals surface area (Å²) in [5.41, 5.74) is 1.31. The minimum Gasteiger partial charge on any atom is -0.361 e. The van der Waals surface area contributed by atoms with E-state index in [0.29, 0.717) is 17.0 Å². The predicted octanol–water partition coefficient (Wildman–Crippen LogP) is 0.727. The van der Waals surface area contributed by atoms with Crippen LogP contribution in [0.25, 0.3) is 0 Å². The zero-order valence-electron chi connectivity index (χ0n) is 9.75. The molecule has 1 aromatic heterocycles. The van der Waals surface area contributed by atoms with Gasteiger partial charge in [-0.25, -0.2) is 0 Å². The number of amides is 1. The lowest BCUT2D eigenvalue weighted by atomic mass is 10.1. The average molecular weight is 223 g/mol. The first-order valence-corrected chi connectivity index (χ1v) is 5.63. The van der Waals surface area contributed by atoms with Gasteiger partial charge in [-0.05, 0) is 26.8 Å². The molecule has 5 heteroatoms. The molecule has 2 heterocycles. The van der Waals surface area contributed by atoms with E-state index in [9.17, 15) is 4.79 Å². The largest absolute Gasteiger partial charge is 0.361 e. The smallest absolute Gasteiger partial charge is 0.259 e. The molecule has 0 unspecified atom stereocenters. The third-order valence-corrected chi connectivity index (χ3v) is 2.87. The molecule has 0 bridgehead atoms. The Morgan fingerprint density at radius 3 is 2.88 bits per heavy atom. The Labute approximate surface area is 94.8 Å². The Hall–Kier alpha value is -1.36. The van der Waals surface area contributed by atoms with Crippen LogP contribution >= 0.6 is 0 Å². The summed E-state index contributed by atoms with van der Waals surface area (Å²) in [5.74, 6) is 0.652. The summed E-state index contributed by atoms with van der Waals surface area (Å²) in [4.78, 5) is 14.1. The molecule has 16 heavy (non-hydrogen) atoms. The van der Waals surface area contributed by atoms with E-state index in [-0.39, 0.29) is 5.91 Å². The van der Waals surface area contributed by atoms with E-state index in [1.165, 1.54) is 0 Å². The van der Waals surface area contributed by atoms with Gasteiger partial charge in [0, 0.05) is 19.6 Å². The molecule has 1 N–H and O–H groups in total. The molecule has 0 spiro atoms. The highest BCUT2D eigenvalue weighted by molar-refractivity contribution is 5.96. The first kappa shape index (κ1) is 11.1. The fourth-order valence-corrected chi connectivity index (χ4v) is 2.00. The quantitative estimate of drug-likeness (QED) is 0.762. The van der Waals surface area contributed by atoms with Gasteiger partial charge in [-0.1, -0.05) is 5.16 Å². The number of aromatic nitrogens is 1. The van der Waals surface area contributed by atoms with Crippen molar-refractivity contribution in [2.75, 3.05) is 26.2 Å². The molecule has 0 radical (unpaired) electrons. The third kappa shape index (κ3) is 2.09. The average Bonchev–Trinajstić information content (AvgIpc) is 2.51. The Kier molecular flexibility index (Phi) is 3.24. The molecule has 88 valence electrons. The monoisotopic (exact) mass is 223 g/mol. The molecule has 1 amide bonds. The van der Waals surface area contributed by atoms with Crippen LogP contribution in [-0.4, -0.2) is 42.1 Å². The maximum absolute atomic E-state index is 12.3. The molecule has 1 fully saturated rings. The number of nitrogens with zero attached hydrogens (tertiary/aromatic N) is 2. The summed E-state index contributed by atoms with van der Waals surface area (Å²) in [6.07, 6.45) is 0.995. The minimum absolute atomic E-state index is 0.0416. The second kappa shape index (κ2) is 4.65. The molecule has 0 aromatic carbocycles. The lowest BCUT2D eigenvalue weighted by Crippen LogP contribution is -2.34. The van der Waals surface area contributed by atoms with Gasteiger partial charge < -0.3 is 14.7 Å². The van der Waals surface area contributed by atoms with Crippen LogP contribution in [0, 0.1) is 13.8 Å². The summed E-state index contributed by atoms with van der Waals surface area (Å²) in [7, 11) is 0. The van der Waals surface area contributed by atoms with Gasteiger partial charge in [0.2, 0.25) is 0 Å². The molecule has 1 aromatic rings. The van der Waals surface area contributed by atoms with Crippen LogP contribution < -0.4 is 5.32 Å². The number of carbonyl (C=O) groups excluding carboxylic acids is 1. The van der Waals surface area contributed by atoms with Crippen molar-refractivity contribution < 1.29 is 9.32 Å². The van der Waals surface area contributed by atoms with Crippen LogP contribution in [0.1, 0.15) is 28.2 Å². The van der Waals surface area contributed by atoms with E-state index in [4.69, 9.17) is 4.52 Å². The fourth-order valence-electron chi connectivity index (χ4n) is 2.00. The Balaban J connectivity index is 2.17. The Bertz CT molecular complexity index is 359. The molecule has 0 saturated carbocycles. The number of aryl methyl sites for hydroxylation is 2. The lowest BCUT2D eigenvalue weighted by molar-refractivity contribution is 0.0764. The van der Waals surface area contributed by atoms with E-state index < -0.39 is 0 Å². The van der Waals surface area contributed by atoms with Crippen molar-refractivity contribution in [3.8, 4) is 0 Å². The third-order valence-electron chi connectivity index (χ3n) is 2.87. The van der Waals surface area contributed by atoms with Crippen molar-refractivity contribution in [3.63, 3.8) is 0 Å². The molecule has 5 nitrogen and oxygen atoms in total. The minimum atomic E-state index is 0.0416. The van der Waals surface area contributed by atoms with Gasteiger partial charge in [0.05, 0.1) is 5.69 Å². The van der Waals surface area contributed by atoms with Crippen LogP contribution in [-0.2, 0) is 0 Å². The van der Waals surface area contributed by atoms with E-state index in [1.54, 1.807) is 13.8 Å². The molecular weight excluding hydrogens is 206 g/mol. The van der Waals surface area contributed by atoms with Gasteiger partial charge in [0.1, 0.15) is 11.3 Å². The molecule has 0 atom stereocenters. The summed E-state index contributed by atoms with van der Waals surface area (Å²) >= 11 is 0. The number of hydrogen-bond acceptors (Lipinski definition) is 4. The van der Waals surface area contributed by atoms with Crippen LogP contribution in [0.4, 0.5) is 0 Å². The first-order chi connectivity index (χ1) is 7.70. The van der Waals surface area contributed by atoms with Gasteiger partial charge in [-0.2, -0.15) is 0 Å². The summed E-state index contributed by atoms with van der Waals surface area (Å²) in [5, 5.41) is 7.09. The molecule has 2 rings (SSSR count). The highest BCUT2D eigenvalue weighted by Crippen LogP contribution is 2.15. The summed E-state index contributed by atoms with van der Waals surface area (Å²) in [6, 6.07) is 0. The van der Waals surface area contributed by atoms with Crippen molar-refractivity contribution >= 4 is 5.91 Å². The van der Waals surface area contributed by atoms with Crippen LogP contribution in [0.15, 0.2) is 4.52 Å². The van der Waals surface area contributed by atoms with Crippen molar-refractivity contribution in [3.05, 3.63) is 17.0 Å². The second-order valence-electron chi connectivity index (χ2n) is 4.09. The van der Waals surface area contributed by atoms with Crippen molar-refractivity contribution in [1.29, 1.82) is 0 Å². The summed E-state index contributed by atoms with van der Waals surface area (Å²) in [6.45, 7) is 6.97. The second-order valence-corrected chi connectivity index (χ2v) is 4.09. The van der Waals surface area contributed by atoms with Crippen molar-refractivity contribution in [2.24, 2.45) is 0 Å². The number of hydrogen-bond donors (Lipinski definition) is 1. The summed E-state index contributed by atoms with van der Waals surface area (Å²) < 4.78 is 5.03. The van der Waals surface area contributed by atoms with E-state index >= 15 is 0 Å². The molecular formula is C11H17N3O2. The SMILES string of the molecule is Cc1noc(C)c1C(=O)N1CCCNCC1. The van der Waals surface area contributed by atoms with Crippen molar-refractivity contribution in [1.82, 2.24) is 15.4 Å². The zero-order chi connectivity index (χ0) is 11.5. The molecule has 0 aliphatic carbocycles. The zero-order valence-corrected chi connectivity index (χ0v) is 9.75. The highest BCUT2D eigenvalue weighted by atomic mass is 16.5. The van der Waals surface area contributed by atoms with Gasteiger partial charge in [0.15, 0.2) is 0 Å². The molecule has 1 saturated heterocycles. The van der Waals surface area contributed by atoms with Crippen LogP contribution in [0.2, 0.25) is 0 Å². The van der Waals surface area contributed by atoms with Gasteiger partial charge in [0.25, 0.3) is 5.91 Å². The number of rotatable bonds is 1. The topological polar surface area (TPSA) is 58.4 Å². The Morgan fingerprint density at radius 2 is 2.19 bits per heavy atom. The predicted molar refractivity (Wildman–Crippen MR) is 59.4 cm³/mol. The highest BCUT2D eigenvalue weighted by Gasteiger charge is 2.23. The number of nitrogens with one attached hydrogen (secondary N) is 1. The Morgan fingerprint density at radius 1 is 1.38 bits per heavy atom. The standard InChI is InChI=1S/C11H17N3O2/c1-8-10(9(2)16-13-8)11(15)14-6-3-4-12-5-7-14/h12H,3-7H2,1-2H3. The molecule has 1 aliphatic rings. The maximum Gasteiger partial charge on any atom is 0.259 e. The fraction of sp³-hybridized carbons (Fsp3) is 0.636. The van der Waals surface area contributed by atoms with Crippen molar-refractivity contribution in [2.45, 2.75) is 20.3 Å². The number of carbonyl (C=O) groups is 1. The van der Waals surface area contributed by atoms with Gasteiger partial charge in [-0.3, -0.25) is 4.79 Å². The van der Waals surface area contributed by atoms with Gasteiger partial charge >= 0.3 is 0 Å². The van der Waals surface area contributed by atoms with E-state index in [1.807, 2.05) is 4.90 Å². The normalized spacial score (nSPS) is 17.2. The van der Waals surface area contributed by atoms with E-state index in [2.05, 4.69) is 10.5 Å². The maximum atomic E-state index is 12.3.